The quantitative estimate of drug-likeness (QED) is 0.0290. The van der Waals surface area contributed by atoms with Crippen molar-refractivity contribution in [2.45, 2.75) is 376 Å². The number of unbranched alkanes of at least 4 members (excludes halogenated alkanes) is 12. The molecular weight excluding hydrogens is 1430 g/mol. The summed E-state index contributed by atoms with van der Waals surface area (Å²) in [5.74, 6) is -4.53. The predicted octanol–water partition coefficient (Wildman–Crippen LogP) is 3.36. The molecule has 11 bridgehead atoms. The molecule has 0 aromatic carbocycles. The first-order valence-electron chi connectivity index (χ1n) is 40.5. The highest BCUT2D eigenvalue weighted by Gasteiger charge is 2.72. The van der Waals surface area contributed by atoms with E-state index in [4.69, 9.17) is 61.6 Å². The van der Waals surface area contributed by atoms with Crippen LogP contribution in [0.1, 0.15) is 223 Å². The van der Waals surface area contributed by atoms with Crippen molar-refractivity contribution < 1.29 is 147 Å². The van der Waals surface area contributed by atoms with E-state index in [-0.39, 0.29) is 36.0 Å². The van der Waals surface area contributed by atoms with E-state index in [1.165, 1.54) is 58.3 Å². The lowest BCUT2D eigenvalue weighted by Gasteiger charge is -2.72. The molecule has 0 unspecified atom stereocenters. The van der Waals surface area contributed by atoms with Gasteiger partial charge in [0.05, 0.1) is 68.6 Å². The van der Waals surface area contributed by atoms with Crippen LogP contribution < -0.4 is 0 Å². The Bertz CT molecular complexity index is 3080. The molecule has 17 rings (SSSR count). The molecule has 0 aromatic heterocycles. The number of aliphatic hydroxyl groups is 13. The van der Waals surface area contributed by atoms with E-state index in [9.17, 15) is 80.8 Å². The molecule has 0 amide bonds. The molecule has 13 N–H and O–H groups in total. The Morgan fingerprint density at radius 3 is 1.83 bits per heavy atom. The van der Waals surface area contributed by atoms with E-state index < -0.39 is 250 Å². The summed E-state index contributed by atoms with van der Waals surface area (Å²) < 4.78 is 79.4. The van der Waals surface area contributed by atoms with E-state index in [0.29, 0.717) is 57.8 Å². The van der Waals surface area contributed by atoms with Crippen LogP contribution in [0.2, 0.25) is 0 Å². The number of carbonyl (C=O) groups excluding carboxylic acids is 4. The summed E-state index contributed by atoms with van der Waals surface area (Å²) in [7, 11) is 0. The lowest BCUT2D eigenvalue weighted by Crippen LogP contribution is -2.70. The molecule has 12 heterocycles. The maximum absolute atomic E-state index is 15.8. The van der Waals surface area contributed by atoms with Crippen LogP contribution in [0, 0.1) is 50.2 Å². The zero-order chi connectivity index (χ0) is 79.1. The number of esters is 4. The summed E-state index contributed by atoms with van der Waals surface area (Å²) in [5, 5.41) is 152. The first kappa shape index (κ1) is 86.6. The molecular formula is C79H128O30. The Hall–Kier alpha value is -3.26. The molecule has 16 fully saturated rings. The maximum atomic E-state index is 15.8. The van der Waals surface area contributed by atoms with E-state index >= 15 is 4.79 Å². The van der Waals surface area contributed by atoms with Crippen LogP contribution in [-0.4, -0.2) is 276 Å². The van der Waals surface area contributed by atoms with Gasteiger partial charge in [-0.3, -0.25) is 19.2 Å². The molecule has 12 aliphatic heterocycles. The SMILES string of the molecule is CCCCCCCCCCCCCCCC(=O)OC[C@H]1O[C@H]2O[C@H]3[C@H](O)C[C@]4(C)[C@H](CC[C@@]5(C)[C@@H]4CC=C4[C@@H]6CC(C)(C)CC[C@@]6(CC[C@]45C)C(=O)O[C@H]4OC[C@@H](O)[C@H](O)[C@H]4O[C@@H]4O[C@@H](C)[C@H](OC(=O)C[C@](C)(O)CC(=O)O[C@H]5CO[C@@H](O[C@H]2[C@H](O)[C@@H]1O)[C@@H](O)[C@H]5O)[C@H](O[C@H]1OC[C@H](O)[C@@H](O)[C@@H]1O)[C@@H]4O)[C@@]3(C)CO. The normalized spacial score (nSPS) is 47.7. The first-order chi connectivity index (χ1) is 51.5. The third kappa shape index (κ3) is 17.9. The number of ether oxygens (including phenoxy) is 13. The minimum atomic E-state index is -2.31. The van der Waals surface area contributed by atoms with Crippen molar-refractivity contribution in [3.05, 3.63) is 11.6 Å². The van der Waals surface area contributed by atoms with Gasteiger partial charge in [-0.05, 0) is 117 Å². The fourth-order valence-corrected chi connectivity index (χ4v) is 21.1. The van der Waals surface area contributed by atoms with Gasteiger partial charge in [-0.2, -0.15) is 0 Å². The third-order valence-electron chi connectivity index (χ3n) is 27.7. The number of hydrogen-bond donors (Lipinski definition) is 13. The second-order valence-electron chi connectivity index (χ2n) is 36.0. The van der Waals surface area contributed by atoms with Gasteiger partial charge >= 0.3 is 23.9 Å². The second-order valence-corrected chi connectivity index (χ2v) is 36.0. The Morgan fingerprint density at radius 2 is 1.16 bits per heavy atom. The number of fused-ring (bicyclic) bond motifs is 1. The molecule has 0 aromatic rings. The van der Waals surface area contributed by atoms with E-state index in [1.54, 1.807) is 0 Å². The number of aliphatic hydroxyl groups excluding tert-OH is 12. The number of rotatable bonds is 19. The Labute approximate surface area is 639 Å². The van der Waals surface area contributed by atoms with Gasteiger partial charge in [0.15, 0.2) is 43.5 Å². The summed E-state index contributed by atoms with van der Waals surface area (Å²) in [6, 6.07) is 0. The monoisotopic (exact) mass is 1560 g/mol. The van der Waals surface area contributed by atoms with Crippen molar-refractivity contribution in [3.8, 4) is 0 Å². The highest BCUT2D eigenvalue weighted by Crippen LogP contribution is 2.76. The molecule has 1 spiro atoms. The van der Waals surface area contributed by atoms with Crippen molar-refractivity contribution in [2.24, 2.45) is 50.2 Å². The van der Waals surface area contributed by atoms with E-state index in [1.807, 2.05) is 6.92 Å². The highest BCUT2D eigenvalue weighted by atomic mass is 16.8. The van der Waals surface area contributed by atoms with Gasteiger partial charge in [0, 0.05) is 11.8 Å². The summed E-state index contributed by atoms with van der Waals surface area (Å²) in [6.07, 6.45) is -22.9. The molecule has 30 heteroatoms. The fraction of sp³-hybridized carbons (Fsp3) is 0.924. The fourth-order valence-electron chi connectivity index (χ4n) is 21.1. The van der Waals surface area contributed by atoms with Crippen molar-refractivity contribution in [2.75, 3.05) is 33.0 Å². The van der Waals surface area contributed by atoms with Crippen LogP contribution in [0.15, 0.2) is 11.6 Å². The van der Waals surface area contributed by atoms with Crippen LogP contribution in [0.4, 0.5) is 0 Å². The van der Waals surface area contributed by atoms with Gasteiger partial charge in [-0.25, -0.2) is 0 Å². The zero-order valence-electron chi connectivity index (χ0n) is 65.1. The lowest BCUT2D eigenvalue weighted by atomic mass is 9.33. The first-order valence-corrected chi connectivity index (χ1v) is 40.5. The second kappa shape index (κ2) is 35.3. The maximum Gasteiger partial charge on any atom is 0.315 e. The summed E-state index contributed by atoms with van der Waals surface area (Å²) in [5.41, 5.74) is -5.66. The summed E-state index contributed by atoms with van der Waals surface area (Å²) in [4.78, 5) is 56.9. The average Bonchev–Trinajstić information content (AvgIpc) is 0.672. The van der Waals surface area contributed by atoms with Crippen molar-refractivity contribution in [1.82, 2.24) is 0 Å². The predicted molar refractivity (Wildman–Crippen MR) is 381 cm³/mol. The average molecular weight is 1560 g/mol. The number of carbonyl (C=O) groups is 4. The largest absolute Gasteiger partial charge is 0.463 e. The van der Waals surface area contributed by atoms with Crippen LogP contribution in [0.25, 0.3) is 0 Å². The molecule has 5 aliphatic carbocycles. The van der Waals surface area contributed by atoms with Gasteiger partial charge in [0.1, 0.15) is 86.0 Å². The van der Waals surface area contributed by atoms with Crippen molar-refractivity contribution in [3.63, 3.8) is 0 Å². The molecule has 30 nitrogen and oxygen atoms in total. The van der Waals surface area contributed by atoms with Gasteiger partial charge in [-0.1, -0.05) is 137 Å². The van der Waals surface area contributed by atoms with E-state index in [0.717, 1.165) is 38.2 Å². The van der Waals surface area contributed by atoms with E-state index in [2.05, 4.69) is 47.6 Å². The molecule has 17 aliphatic rings. The van der Waals surface area contributed by atoms with Gasteiger partial charge in [0.2, 0.25) is 6.29 Å². The summed E-state index contributed by atoms with van der Waals surface area (Å²) >= 11 is 0. The van der Waals surface area contributed by atoms with Crippen LogP contribution >= 0.6 is 0 Å². The molecule has 624 valence electrons. The van der Waals surface area contributed by atoms with Gasteiger partial charge in [-0.15, -0.1) is 0 Å². The zero-order valence-corrected chi connectivity index (χ0v) is 65.1. The molecule has 33 atom stereocenters. The minimum Gasteiger partial charge on any atom is -0.463 e. The minimum absolute atomic E-state index is 0.0879. The smallest absolute Gasteiger partial charge is 0.315 e. The van der Waals surface area contributed by atoms with Crippen molar-refractivity contribution in [1.29, 1.82) is 0 Å². The van der Waals surface area contributed by atoms with Crippen molar-refractivity contribution >= 4 is 23.9 Å². The number of hydrogen-bond acceptors (Lipinski definition) is 30. The van der Waals surface area contributed by atoms with Gasteiger partial charge in [0.25, 0.3) is 0 Å². The van der Waals surface area contributed by atoms with Crippen LogP contribution in [-0.2, 0) is 80.8 Å². The van der Waals surface area contributed by atoms with Gasteiger partial charge < -0.3 is 128 Å². The number of allylic oxidation sites excluding steroid dienone is 2. The van der Waals surface area contributed by atoms with Crippen LogP contribution in [0.3, 0.4) is 0 Å². The van der Waals surface area contributed by atoms with Crippen LogP contribution in [0.5, 0.6) is 0 Å². The molecule has 12 saturated heterocycles. The summed E-state index contributed by atoms with van der Waals surface area (Å²) in [6.45, 7) is 14.7. The topological polar surface area (TPSA) is 451 Å². The molecule has 109 heavy (non-hydrogen) atoms. The molecule has 4 saturated carbocycles. The molecule has 0 radical (unpaired) electrons. The third-order valence-corrected chi connectivity index (χ3v) is 27.7. The lowest BCUT2D eigenvalue weighted by molar-refractivity contribution is -0.377. The standard InChI is InChI=1S/C79H128O30/c1-10-11-12-13-14-15-16-17-18-19-20-21-22-23-51(84)97-38-48-56(89)58(91)65-71(103-48)108-66-44(81)33-75(6)49(76(66,7)40-80)26-27-78(9)50(75)25-24-42-43-32-73(3,4)28-30-79(43,31-29-77(42,78)8)72(95)109-70-64(55(88)46(83)37-99-70)107-69-61(94)63(105-67-59(92)54(87)45(82)36-98-67)62(41(2)101-69)104-53(86)35-74(5,96)34-52(85)102-47-39-100-68(106-65)60(93)57(47)90/h24,41,43-50,54-71,80-83,87-94,96H,10-23,25-40H2,1-9H3/t41-,43-,44+,45-,46+,47-,48+,49-,50+,54+,55-,56+,57-,58+,59-,60-,61-,62-,63+,64+,65-,66-,67+,68-,69-,70+,71-,74+,75+,76+,77+,78-,79-/m0/s1. The highest BCUT2D eigenvalue weighted by molar-refractivity contribution is 5.79. The Morgan fingerprint density at radius 1 is 0.550 bits per heavy atom. The Kier molecular flexibility index (Phi) is 28.0. The Balaban J connectivity index is 0.886.